The van der Waals surface area contributed by atoms with Crippen molar-refractivity contribution in [3.63, 3.8) is 0 Å². The number of hydrogen-bond acceptors (Lipinski definition) is 5. The van der Waals surface area contributed by atoms with Gasteiger partial charge in [-0.05, 0) is 24.3 Å². The summed E-state index contributed by atoms with van der Waals surface area (Å²) in [5.74, 6) is 0.355. The van der Waals surface area contributed by atoms with Crippen molar-refractivity contribution in [1.82, 2.24) is 5.32 Å². The van der Waals surface area contributed by atoms with Crippen LogP contribution < -0.4 is 19.1 Å². The molecule has 0 unspecified atom stereocenters. The Labute approximate surface area is 156 Å². The minimum absolute atomic E-state index is 0.0226. The molecule has 0 bridgehead atoms. The number of amides is 1. The maximum absolute atomic E-state index is 13.2. The normalized spacial score (nSPS) is 13.2. The lowest BCUT2D eigenvalue weighted by Gasteiger charge is -2.25. The zero-order chi connectivity index (χ0) is 18.7. The Morgan fingerprint density at radius 3 is 2.54 bits per heavy atom. The summed E-state index contributed by atoms with van der Waals surface area (Å²) >= 11 is 6.17. The zero-order valence-corrected chi connectivity index (χ0v) is 15.5. The van der Waals surface area contributed by atoms with Gasteiger partial charge in [-0.1, -0.05) is 23.7 Å². The monoisotopic (exact) mass is 396 g/mol. The van der Waals surface area contributed by atoms with Crippen LogP contribution in [0.1, 0.15) is 0 Å². The van der Waals surface area contributed by atoms with E-state index in [0.29, 0.717) is 24.7 Å². The Morgan fingerprint density at radius 2 is 1.85 bits per heavy atom. The number of rotatable bonds is 5. The van der Waals surface area contributed by atoms with Gasteiger partial charge in [-0.25, -0.2) is 8.42 Å². The van der Waals surface area contributed by atoms with Crippen molar-refractivity contribution in [3.05, 3.63) is 47.5 Å². The molecule has 2 aromatic rings. The SMILES string of the molecule is CNC(=O)CN(c1ccccc1Cl)S(=O)(=O)c1ccc2c(c1)OCCO2. The van der Waals surface area contributed by atoms with Crippen LogP contribution in [0.25, 0.3) is 0 Å². The molecule has 2 aromatic carbocycles. The molecule has 9 heteroatoms. The van der Waals surface area contributed by atoms with Crippen LogP contribution in [0.2, 0.25) is 5.02 Å². The molecule has 0 aliphatic carbocycles. The maximum Gasteiger partial charge on any atom is 0.264 e. The summed E-state index contributed by atoms with van der Waals surface area (Å²) in [5, 5.41) is 2.65. The Balaban J connectivity index is 2.07. The van der Waals surface area contributed by atoms with Gasteiger partial charge >= 0.3 is 0 Å². The Kier molecular flexibility index (Phi) is 5.24. The van der Waals surface area contributed by atoms with E-state index in [1.54, 1.807) is 24.3 Å². The van der Waals surface area contributed by atoms with Gasteiger partial charge in [0.2, 0.25) is 5.91 Å². The minimum atomic E-state index is -4.06. The molecule has 7 nitrogen and oxygen atoms in total. The van der Waals surface area contributed by atoms with Crippen LogP contribution in [0.4, 0.5) is 5.69 Å². The third kappa shape index (κ3) is 3.56. The van der Waals surface area contributed by atoms with Gasteiger partial charge < -0.3 is 14.8 Å². The zero-order valence-electron chi connectivity index (χ0n) is 13.9. The largest absolute Gasteiger partial charge is 0.486 e. The van der Waals surface area contributed by atoms with Crippen LogP contribution in [0.3, 0.4) is 0 Å². The molecule has 138 valence electrons. The van der Waals surface area contributed by atoms with E-state index < -0.39 is 22.5 Å². The molecular weight excluding hydrogens is 380 g/mol. The number of sulfonamides is 1. The number of nitrogens with zero attached hydrogens (tertiary/aromatic N) is 1. The number of nitrogens with one attached hydrogen (secondary N) is 1. The van der Waals surface area contributed by atoms with Crippen molar-refractivity contribution >= 4 is 33.2 Å². The average molecular weight is 397 g/mol. The van der Waals surface area contributed by atoms with Crippen molar-refractivity contribution < 1.29 is 22.7 Å². The highest BCUT2D eigenvalue weighted by Gasteiger charge is 2.29. The highest BCUT2D eigenvalue weighted by Crippen LogP contribution is 2.35. The van der Waals surface area contributed by atoms with E-state index >= 15 is 0 Å². The number of fused-ring (bicyclic) bond motifs is 1. The van der Waals surface area contributed by atoms with Gasteiger partial charge in [0.05, 0.1) is 15.6 Å². The molecule has 1 amide bonds. The van der Waals surface area contributed by atoms with Crippen LogP contribution in [0.15, 0.2) is 47.4 Å². The molecule has 1 heterocycles. The molecule has 0 radical (unpaired) electrons. The summed E-state index contributed by atoms with van der Waals surface area (Å²) in [6.45, 7) is 0.335. The first-order valence-electron chi connectivity index (χ1n) is 7.81. The van der Waals surface area contributed by atoms with E-state index in [1.807, 2.05) is 0 Å². The van der Waals surface area contributed by atoms with Gasteiger partial charge in [0.25, 0.3) is 10.0 Å². The summed E-state index contributed by atoms with van der Waals surface area (Å²) < 4.78 is 38.3. The smallest absolute Gasteiger partial charge is 0.264 e. The number of halogens is 1. The van der Waals surface area contributed by atoms with Crippen LogP contribution in [-0.2, 0) is 14.8 Å². The van der Waals surface area contributed by atoms with Crippen molar-refractivity contribution in [2.24, 2.45) is 0 Å². The Hall–Kier alpha value is -2.45. The molecule has 0 spiro atoms. The molecule has 0 saturated carbocycles. The molecule has 0 aromatic heterocycles. The lowest BCUT2D eigenvalue weighted by Crippen LogP contribution is -2.40. The van der Waals surface area contributed by atoms with Crippen molar-refractivity contribution in [2.75, 3.05) is 31.1 Å². The number of carbonyl (C=O) groups excluding carboxylic acids is 1. The van der Waals surface area contributed by atoms with E-state index in [0.717, 1.165) is 4.31 Å². The number of benzene rings is 2. The first-order chi connectivity index (χ1) is 12.4. The first-order valence-corrected chi connectivity index (χ1v) is 9.63. The van der Waals surface area contributed by atoms with E-state index in [1.165, 1.54) is 25.2 Å². The lowest BCUT2D eigenvalue weighted by molar-refractivity contribution is -0.119. The van der Waals surface area contributed by atoms with E-state index in [2.05, 4.69) is 5.32 Å². The van der Waals surface area contributed by atoms with Crippen molar-refractivity contribution in [3.8, 4) is 11.5 Å². The lowest BCUT2D eigenvalue weighted by atomic mass is 10.3. The predicted octanol–water partition coefficient (Wildman–Crippen LogP) is 2.05. The van der Waals surface area contributed by atoms with Crippen molar-refractivity contribution in [2.45, 2.75) is 4.90 Å². The summed E-state index contributed by atoms with van der Waals surface area (Å²) in [4.78, 5) is 11.9. The topological polar surface area (TPSA) is 84.9 Å². The highest BCUT2D eigenvalue weighted by atomic mass is 35.5. The third-order valence-electron chi connectivity index (χ3n) is 3.79. The number of anilines is 1. The molecule has 26 heavy (non-hydrogen) atoms. The molecule has 1 aliphatic rings. The summed E-state index contributed by atoms with van der Waals surface area (Å²) in [5.41, 5.74) is 0.215. The Bertz CT molecular complexity index is 933. The predicted molar refractivity (Wildman–Crippen MR) is 97.5 cm³/mol. The van der Waals surface area contributed by atoms with Gasteiger partial charge in [0, 0.05) is 13.1 Å². The summed E-state index contributed by atoms with van der Waals surface area (Å²) in [7, 11) is -2.63. The molecule has 1 aliphatic heterocycles. The highest BCUT2D eigenvalue weighted by molar-refractivity contribution is 7.92. The number of hydrogen-bond donors (Lipinski definition) is 1. The van der Waals surface area contributed by atoms with Gasteiger partial charge in [0.1, 0.15) is 19.8 Å². The van der Waals surface area contributed by atoms with Crippen LogP contribution in [-0.4, -0.2) is 41.1 Å². The molecule has 0 atom stereocenters. The number of likely N-dealkylation sites (N-methyl/N-ethyl adjacent to an activating group) is 1. The molecule has 0 fully saturated rings. The number of carbonyl (C=O) groups is 1. The molecule has 3 rings (SSSR count). The van der Waals surface area contributed by atoms with Crippen LogP contribution in [0, 0.1) is 0 Å². The summed E-state index contributed by atoms with van der Waals surface area (Å²) in [6, 6.07) is 10.8. The second-order valence-electron chi connectivity index (χ2n) is 5.44. The third-order valence-corrected chi connectivity index (χ3v) is 5.86. The maximum atomic E-state index is 13.2. The van der Waals surface area contributed by atoms with Gasteiger partial charge in [-0.15, -0.1) is 0 Å². The fourth-order valence-corrected chi connectivity index (χ4v) is 4.22. The molecule has 1 N–H and O–H groups in total. The van der Waals surface area contributed by atoms with Crippen molar-refractivity contribution in [1.29, 1.82) is 0 Å². The second kappa shape index (κ2) is 7.43. The van der Waals surface area contributed by atoms with Gasteiger partial charge in [-0.3, -0.25) is 9.10 Å². The average Bonchev–Trinajstić information content (AvgIpc) is 2.66. The van der Waals surface area contributed by atoms with Crippen LogP contribution >= 0.6 is 11.6 Å². The van der Waals surface area contributed by atoms with Crippen LogP contribution in [0.5, 0.6) is 11.5 Å². The van der Waals surface area contributed by atoms with Gasteiger partial charge in [0.15, 0.2) is 11.5 Å². The van der Waals surface area contributed by atoms with E-state index in [9.17, 15) is 13.2 Å². The second-order valence-corrected chi connectivity index (χ2v) is 7.71. The standard InChI is InChI=1S/C17H17ClN2O5S/c1-19-17(21)11-20(14-5-3-2-4-13(14)18)26(22,23)12-6-7-15-16(10-12)25-9-8-24-15/h2-7,10H,8-9,11H2,1H3,(H,19,21). The number of ether oxygens (including phenoxy) is 2. The quantitative estimate of drug-likeness (QED) is 0.836. The Morgan fingerprint density at radius 1 is 1.15 bits per heavy atom. The molecule has 0 saturated heterocycles. The fourth-order valence-electron chi connectivity index (χ4n) is 2.47. The van der Waals surface area contributed by atoms with E-state index in [4.69, 9.17) is 21.1 Å². The summed E-state index contributed by atoms with van der Waals surface area (Å²) in [6.07, 6.45) is 0. The van der Waals surface area contributed by atoms with Gasteiger partial charge in [-0.2, -0.15) is 0 Å². The fraction of sp³-hybridized carbons (Fsp3) is 0.235. The number of para-hydroxylation sites is 1. The first kappa shape index (κ1) is 18.3. The van der Waals surface area contributed by atoms with E-state index in [-0.39, 0.29) is 15.6 Å². The molecular formula is C17H17ClN2O5S. The minimum Gasteiger partial charge on any atom is -0.486 e.